The molecule has 0 fully saturated rings. The van der Waals surface area contributed by atoms with E-state index in [2.05, 4.69) is 63.4 Å². The van der Waals surface area contributed by atoms with Gasteiger partial charge < -0.3 is 4.74 Å². The first-order valence-electron chi connectivity index (χ1n) is 9.29. The van der Waals surface area contributed by atoms with Crippen LogP contribution in [0.2, 0.25) is 5.02 Å². The number of halogens is 2. The van der Waals surface area contributed by atoms with Crippen LogP contribution in [0.5, 0.6) is 5.75 Å². The van der Waals surface area contributed by atoms with Crippen molar-refractivity contribution in [1.82, 2.24) is 0 Å². The topological polar surface area (TPSA) is 21.6 Å². The lowest BCUT2D eigenvalue weighted by atomic mass is 10.1. The highest BCUT2D eigenvalue weighted by molar-refractivity contribution is 9.10. The molecule has 0 amide bonds. The molecule has 0 aliphatic heterocycles. The van der Waals surface area contributed by atoms with Gasteiger partial charge in [-0.05, 0) is 80.6 Å². The van der Waals surface area contributed by atoms with E-state index in [0.29, 0.717) is 11.6 Å². The number of aliphatic imine (C=N–C) groups is 1. The molecule has 0 aliphatic rings. The average molecular weight is 465 g/mol. The number of benzene rings is 4. The van der Waals surface area contributed by atoms with Crippen molar-refractivity contribution in [3.63, 3.8) is 0 Å². The minimum absolute atomic E-state index is 0.509. The van der Waals surface area contributed by atoms with E-state index in [1.54, 1.807) is 0 Å². The van der Waals surface area contributed by atoms with Crippen LogP contribution >= 0.6 is 27.5 Å². The zero-order valence-electron chi connectivity index (χ0n) is 15.9. The molecule has 0 unspecified atom stereocenters. The van der Waals surface area contributed by atoms with Crippen molar-refractivity contribution < 1.29 is 4.74 Å². The summed E-state index contributed by atoms with van der Waals surface area (Å²) in [5, 5.41) is 3.11. The number of fused-ring (bicyclic) bond motifs is 1. The van der Waals surface area contributed by atoms with E-state index in [1.807, 2.05) is 49.5 Å². The van der Waals surface area contributed by atoms with E-state index >= 15 is 0 Å². The molecule has 29 heavy (non-hydrogen) atoms. The number of ether oxygens (including phenoxy) is 1. The lowest BCUT2D eigenvalue weighted by molar-refractivity contribution is 0.305. The molecular formula is C25H19BrClNO. The molecule has 0 aromatic heterocycles. The smallest absolute Gasteiger partial charge is 0.134 e. The fraction of sp³-hybridized carbons (Fsp3) is 0.0800. The van der Waals surface area contributed by atoms with Crippen LogP contribution in [0.4, 0.5) is 5.69 Å². The summed E-state index contributed by atoms with van der Waals surface area (Å²) < 4.78 is 6.97. The molecule has 0 N–H and O–H groups in total. The van der Waals surface area contributed by atoms with Crippen molar-refractivity contribution in [2.24, 2.45) is 4.99 Å². The number of hydrogen-bond acceptors (Lipinski definition) is 2. The summed E-state index contributed by atoms with van der Waals surface area (Å²) in [6.07, 6.45) is 1.83. The lowest BCUT2D eigenvalue weighted by Gasteiger charge is -2.11. The minimum atomic E-state index is 0.509. The Labute approximate surface area is 184 Å². The molecule has 0 saturated carbocycles. The van der Waals surface area contributed by atoms with Gasteiger partial charge in [0.1, 0.15) is 12.4 Å². The fourth-order valence-electron chi connectivity index (χ4n) is 3.15. The first kappa shape index (κ1) is 19.7. The highest BCUT2D eigenvalue weighted by Gasteiger charge is 2.05. The van der Waals surface area contributed by atoms with E-state index in [9.17, 15) is 0 Å². The SMILES string of the molecule is Cc1ccc(Cl)cc1N=Cc1ccc(OCc2cccc3ccccc23)c(Br)c1. The van der Waals surface area contributed by atoms with Gasteiger partial charge in [0.15, 0.2) is 0 Å². The Hall–Kier alpha value is -2.62. The van der Waals surface area contributed by atoms with Crippen LogP contribution in [-0.4, -0.2) is 6.21 Å². The minimum Gasteiger partial charge on any atom is -0.488 e. The van der Waals surface area contributed by atoms with Gasteiger partial charge >= 0.3 is 0 Å². The van der Waals surface area contributed by atoms with Gasteiger partial charge in [-0.25, -0.2) is 0 Å². The van der Waals surface area contributed by atoms with Crippen molar-refractivity contribution in [3.8, 4) is 5.75 Å². The predicted octanol–water partition coefficient (Wildman–Crippen LogP) is 7.89. The number of nitrogens with zero attached hydrogens (tertiary/aromatic N) is 1. The molecule has 0 radical (unpaired) electrons. The molecule has 0 heterocycles. The Balaban J connectivity index is 1.50. The molecule has 0 spiro atoms. The van der Waals surface area contributed by atoms with E-state index in [4.69, 9.17) is 16.3 Å². The first-order chi connectivity index (χ1) is 14.1. The maximum Gasteiger partial charge on any atom is 0.134 e. The van der Waals surface area contributed by atoms with Crippen LogP contribution in [0.15, 0.2) is 88.3 Å². The largest absolute Gasteiger partial charge is 0.488 e. The first-order valence-corrected chi connectivity index (χ1v) is 10.5. The van der Waals surface area contributed by atoms with Crippen molar-refractivity contribution >= 4 is 50.2 Å². The van der Waals surface area contributed by atoms with Gasteiger partial charge in [0.2, 0.25) is 0 Å². The standard InChI is InChI=1S/C25H19BrClNO/c1-17-9-11-21(27)14-24(17)28-15-18-10-12-25(23(26)13-18)29-16-20-7-4-6-19-5-2-3-8-22(19)20/h2-15H,16H2,1H3. The summed E-state index contributed by atoms with van der Waals surface area (Å²) in [4.78, 5) is 4.56. The van der Waals surface area contributed by atoms with E-state index in [-0.39, 0.29) is 0 Å². The van der Waals surface area contributed by atoms with Crippen LogP contribution in [0.1, 0.15) is 16.7 Å². The maximum absolute atomic E-state index is 6.07. The molecule has 0 bridgehead atoms. The zero-order valence-corrected chi connectivity index (χ0v) is 18.2. The van der Waals surface area contributed by atoms with Gasteiger partial charge in [0.25, 0.3) is 0 Å². The van der Waals surface area contributed by atoms with Crippen molar-refractivity contribution in [3.05, 3.63) is 105 Å². The molecule has 144 valence electrons. The highest BCUT2D eigenvalue weighted by Crippen LogP contribution is 2.28. The monoisotopic (exact) mass is 463 g/mol. The normalized spacial score (nSPS) is 11.3. The summed E-state index contributed by atoms with van der Waals surface area (Å²) in [5.41, 5.74) is 4.09. The van der Waals surface area contributed by atoms with Gasteiger partial charge in [-0.3, -0.25) is 4.99 Å². The number of hydrogen-bond donors (Lipinski definition) is 0. The van der Waals surface area contributed by atoms with E-state index < -0.39 is 0 Å². The van der Waals surface area contributed by atoms with Gasteiger partial charge in [-0.2, -0.15) is 0 Å². The molecular weight excluding hydrogens is 446 g/mol. The molecule has 4 aromatic carbocycles. The summed E-state index contributed by atoms with van der Waals surface area (Å²) >= 11 is 9.68. The third kappa shape index (κ3) is 4.69. The second-order valence-corrected chi connectivity index (χ2v) is 8.10. The molecule has 4 rings (SSSR count). The van der Waals surface area contributed by atoms with Crippen LogP contribution in [0.25, 0.3) is 10.8 Å². The second-order valence-electron chi connectivity index (χ2n) is 6.81. The third-order valence-corrected chi connectivity index (χ3v) is 5.60. The third-order valence-electron chi connectivity index (χ3n) is 4.74. The number of rotatable bonds is 5. The number of aryl methyl sites for hydroxylation is 1. The van der Waals surface area contributed by atoms with Crippen molar-refractivity contribution in [2.75, 3.05) is 0 Å². The zero-order chi connectivity index (χ0) is 20.2. The molecule has 4 heteroatoms. The van der Waals surface area contributed by atoms with Crippen LogP contribution in [0.3, 0.4) is 0 Å². The molecule has 0 atom stereocenters. The summed E-state index contributed by atoms with van der Waals surface area (Å²) in [7, 11) is 0. The molecule has 0 aliphatic carbocycles. The highest BCUT2D eigenvalue weighted by atomic mass is 79.9. The molecule has 4 aromatic rings. The van der Waals surface area contributed by atoms with E-state index in [1.165, 1.54) is 10.8 Å². The quantitative estimate of drug-likeness (QED) is 0.275. The summed E-state index contributed by atoms with van der Waals surface area (Å²) in [5.74, 6) is 0.800. The van der Waals surface area contributed by atoms with Gasteiger partial charge in [-0.1, -0.05) is 60.1 Å². The lowest BCUT2D eigenvalue weighted by Crippen LogP contribution is -1.97. The van der Waals surface area contributed by atoms with Gasteiger partial charge in [-0.15, -0.1) is 0 Å². The predicted molar refractivity (Wildman–Crippen MR) is 126 cm³/mol. The Kier molecular flexibility index (Phi) is 5.98. The van der Waals surface area contributed by atoms with Crippen molar-refractivity contribution in [2.45, 2.75) is 13.5 Å². The van der Waals surface area contributed by atoms with E-state index in [0.717, 1.165) is 32.6 Å². The second kappa shape index (κ2) is 8.81. The van der Waals surface area contributed by atoms with Crippen LogP contribution in [0, 0.1) is 6.92 Å². The van der Waals surface area contributed by atoms with Crippen molar-refractivity contribution in [1.29, 1.82) is 0 Å². The maximum atomic E-state index is 6.07. The fourth-order valence-corrected chi connectivity index (χ4v) is 3.83. The average Bonchev–Trinajstić information content (AvgIpc) is 2.73. The Bertz CT molecular complexity index is 1200. The summed E-state index contributed by atoms with van der Waals surface area (Å²) in [6, 6.07) is 26.3. The Morgan fingerprint density at radius 2 is 1.79 bits per heavy atom. The Morgan fingerprint density at radius 1 is 0.966 bits per heavy atom. The summed E-state index contributed by atoms with van der Waals surface area (Å²) in [6.45, 7) is 2.53. The molecule has 0 saturated heterocycles. The van der Waals surface area contributed by atoms with Gasteiger partial charge in [0, 0.05) is 11.2 Å². The van der Waals surface area contributed by atoms with Crippen LogP contribution in [-0.2, 0) is 6.61 Å². The van der Waals surface area contributed by atoms with Gasteiger partial charge in [0.05, 0.1) is 10.2 Å². The Morgan fingerprint density at radius 3 is 2.66 bits per heavy atom. The molecule has 2 nitrogen and oxygen atoms in total. The van der Waals surface area contributed by atoms with Crippen LogP contribution < -0.4 is 4.74 Å².